The van der Waals surface area contributed by atoms with E-state index in [1.807, 2.05) is 6.92 Å². The second-order valence-electron chi connectivity index (χ2n) is 4.87. The van der Waals surface area contributed by atoms with Crippen molar-refractivity contribution in [3.05, 3.63) is 35.1 Å². The number of carbonyl (C=O) groups excluding carboxylic acids is 1. The highest BCUT2D eigenvalue weighted by atomic mass is 35.5. The molecule has 1 aromatic heterocycles. The predicted molar refractivity (Wildman–Crippen MR) is 74.6 cm³/mol. The van der Waals surface area contributed by atoms with Gasteiger partial charge in [0, 0.05) is 25.4 Å². The maximum Gasteiger partial charge on any atom is 0.246 e. The highest BCUT2D eigenvalue weighted by molar-refractivity contribution is 6.29. The van der Waals surface area contributed by atoms with E-state index in [4.69, 9.17) is 11.6 Å². The van der Waals surface area contributed by atoms with Gasteiger partial charge in [-0.05, 0) is 30.0 Å². The van der Waals surface area contributed by atoms with Crippen molar-refractivity contribution in [1.29, 1.82) is 0 Å². The SMILES string of the molecule is CC1CCN(C(=O)/C=C/c2ccc(Cl)nc2)CC1O. The van der Waals surface area contributed by atoms with E-state index in [1.54, 1.807) is 29.3 Å². The summed E-state index contributed by atoms with van der Waals surface area (Å²) in [7, 11) is 0. The standard InChI is InChI=1S/C14H17ClN2O2/c1-10-6-7-17(9-12(10)18)14(19)5-3-11-2-4-13(15)16-8-11/h2-5,8,10,12,18H,6-7,9H2,1H3/b5-3+. The molecule has 19 heavy (non-hydrogen) atoms. The lowest BCUT2D eigenvalue weighted by Gasteiger charge is -2.33. The Kier molecular flexibility index (Phi) is 4.56. The fraction of sp³-hybridized carbons (Fsp3) is 0.429. The van der Waals surface area contributed by atoms with Crippen LogP contribution in [-0.2, 0) is 4.79 Å². The number of piperidine rings is 1. The number of hydrogen-bond donors (Lipinski definition) is 1. The van der Waals surface area contributed by atoms with Crippen molar-refractivity contribution in [2.75, 3.05) is 13.1 Å². The van der Waals surface area contributed by atoms with Crippen molar-refractivity contribution in [2.24, 2.45) is 5.92 Å². The van der Waals surface area contributed by atoms with E-state index in [0.717, 1.165) is 12.0 Å². The van der Waals surface area contributed by atoms with Crippen LogP contribution in [0.1, 0.15) is 18.9 Å². The molecule has 1 aliphatic heterocycles. The normalized spacial score (nSPS) is 23.8. The molecule has 2 unspecified atom stereocenters. The Bertz CT molecular complexity index is 473. The monoisotopic (exact) mass is 280 g/mol. The van der Waals surface area contributed by atoms with E-state index >= 15 is 0 Å². The molecule has 2 atom stereocenters. The minimum Gasteiger partial charge on any atom is -0.391 e. The number of β-amino-alcohol motifs (C(OH)–C–C–N with tert-alkyl or cyclic N) is 1. The topological polar surface area (TPSA) is 53.4 Å². The second-order valence-corrected chi connectivity index (χ2v) is 5.25. The summed E-state index contributed by atoms with van der Waals surface area (Å²) in [5.41, 5.74) is 0.823. The lowest BCUT2D eigenvalue weighted by atomic mass is 9.96. The number of carbonyl (C=O) groups is 1. The van der Waals surface area contributed by atoms with Crippen molar-refractivity contribution in [1.82, 2.24) is 9.88 Å². The zero-order chi connectivity index (χ0) is 13.8. The fourth-order valence-electron chi connectivity index (χ4n) is 2.01. The van der Waals surface area contributed by atoms with Crippen LogP contribution in [0.25, 0.3) is 6.08 Å². The summed E-state index contributed by atoms with van der Waals surface area (Å²) < 4.78 is 0. The number of aliphatic hydroxyl groups excluding tert-OH is 1. The zero-order valence-electron chi connectivity index (χ0n) is 10.8. The quantitative estimate of drug-likeness (QED) is 0.666. The van der Waals surface area contributed by atoms with Gasteiger partial charge in [-0.1, -0.05) is 24.6 Å². The van der Waals surface area contributed by atoms with Crippen LogP contribution in [0.2, 0.25) is 5.15 Å². The van der Waals surface area contributed by atoms with Crippen LogP contribution < -0.4 is 0 Å². The number of nitrogens with zero attached hydrogens (tertiary/aromatic N) is 2. The van der Waals surface area contributed by atoms with Gasteiger partial charge in [0.2, 0.25) is 5.91 Å². The molecule has 0 bridgehead atoms. The summed E-state index contributed by atoms with van der Waals surface area (Å²) in [6, 6.07) is 3.48. The Morgan fingerprint density at radius 1 is 1.58 bits per heavy atom. The van der Waals surface area contributed by atoms with Gasteiger partial charge >= 0.3 is 0 Å². The van der Waals surface area contributed by atoms with Crippen LogP contribution in [-0.4, -0.2) is 40.1 Å². The zero-order valence-corrected chi connectivity index (χ0v) is 11.5. The number of aromatic nitrogens is 1. The predicted octanol–water partition coefficient (Wildman–Crippen LogP) is 1.98. The molecule has 0 saturated carbocycles. The number of hydrogen-bond acceptors (Lipinski definition) is 3. The number of amides is 1. The molecular weight excluding hydrogens is 264 g/mol. The third-order valence-corrected chi connectivity index (χ3v) is 3.62. The molecule has 0 radical (unpaired) electrons. The molecule has 1 amide bonds. The first kappa shape index (κ1) is 14.0. The van der Waals surface area contributed by atoms with Crippen LogP contribution in [0.4, 0.5) is 0 Å². The molecule has 1 N–H and O–H groups in total. The van der Waals surface area contributed by atoms with E-state index in [2.05, 4.69) is 4.98 Å². The molecule has 5 heteroatoms. The second kappa shape index (κ2) is 6.17. The average molecular weight is 281 g/mol. The largest absolute Gasteiger partial charge is 0.391 e. The first-order chi connectivity index (χ1) is 9.06. The Balaban J connectivity index is 1.95. The summed E-state index contributed by atoms with van der Waals surface area (Å²) in [4.78, 5) is 17.6. The highest BCUT2D eigenvalue weighted by Gasteiger charge is 2.25. The smallest absolute Gasteiger partial charge is 0.246 e. The van der Waals surface area contributed by atoms with Gasteiger partial charge in [0.25, 0.3) is 0 Å². The van der Waals surface area contributed by atoms with Crippen LogP contribution in [0.5, 0.6) is 0 Å². The number of aliphatic hydroxyl groups is 1. The lowest BCUT2D eigenvalue weighted by molar-refractivity contribution is -0.130. The van der Waals surface area contributed by atoms with Gasteiger partial charge in [-0.15, -0.1) is 0 Å². The van der Waals surface area contributed by atoms with E-state index in [9.17, 15) is 9.90 Å². The highest BCUT2D eigenvalue weighted by Crippen LogP contribution is 2.17. The molecule has 2 heterocycles. The van der Waals surface area contributed by atoms with E-state index < -0.39 is 6.10 Å². The van der Waals surface area contributed by atoms with Crippen molar-refractivity contribution in [2.45, 2.75) is 19.4 Å². The lowest BCUT2D eigenvalue weighted by Crippen LogP contribution is -2.45. The molecule has 1 fully saturated rings. The van der Waals surface area contributed by atoms with Crippen LogP contribution in [0, 0.1) is 5.92 Å². The molecule has 1 saturated heterocycles. The third kappa shape index (κ3) is 3.78. The van der Waals surface area contributed by atoms with Crippen molar-refractivity contribution in [3.63, 3.8) is 0 Å². The molecular formula is C14H17ClN2O2. The van der Waals surface area contributed by atoms with E-state index in [1.165, 1.54) is 6.08 Å². The van der Waals surface area contributed by atoms with Gasteiger partial charge in [0.15, 0.2) is 0 Å². The van der Waals surface area contributed by atoms with Gasteiger partial charge in [-0.25, -0.2) is 4.98 Å². The number of halogens is 1. The van der Waals surface area contributed by atoms with Crippen molar-refractivity contribution < 1.29 is 9.90 Å². The minimum atomic E-state index is -0.428. The average Bonchev–Trinajstić information content (AvgIpc) is 2.41. The molecule has 0 spiro atoms. The summed E-state index contributed by atoms with van der Waals surface area (Å²) in [6.07, 6.45) is 5.23. The summed E-state index contributed by atoms with van der Waals surface area (Å²) in [5, 5.41) is 10.2. The Morgan fingerprint density at radius 2 is 2.37 bits per heavy atom. The van der Waals surface area contributed by atoms with Gasteiger partial charge < -0.3 is 10.0 Å². The molecule has 4 nitrogen and oxygen atoms in total. The molecule has 0 aromatic carbocycles. The molecule has 1 aliphatic rings. The van der Waals surface area contributed by atoms with Gasteiger partial charge in [0.1, 0.15) is 5.15 Å². The van der Waals surface area contributed by atoms with Crippen LogP contribution >= 0.6 is 11.6 Å². The number of likely N-dealkylation sites (tertiary alicyclic amines) is 1. The fourth-order valence-corrected chi connectivity index (χ4v) is 2.12. The third-order valence-electron chi connectivity index (χ3n) is 3.40. The first-order valence-electron chi connectivity index (χ1n) is 6.33. The van der Waals surface area contributed by atoms with Crippen LogP contribution in [0.15, 0.2) is 24.4 Å². The number of pyridine rings is 1. The first-order valence-corrected chi connectivity index (χ1v) is 6.70. The molecule has 2 rings (SSSR count). The minimum absolute atomic E-state index is 0.0825. The van der Waals surface area contributed by atoms with Gasteiger partial charge in [-0.3, -0.25) is 4.79 Å². The van der Waals surface area contributed by atoms with Crippen LogP contribution in [0.3, 0.4) is 0 Å². The maximum atomic E-state index is 12.0. The number of rotatable bonds is 2. The molecule has 102 valence electrons. The van der Waals surface area contributed by atoms with E-state index in [-0.39, 0.29) is 11.8 Å². The van der Waals surface area contributed by atoms with Crippen molar-refractivity contribution >= 4 is 23.6 Å². The van der Waals surface area contributed by atoms with Gasteiger partial charge in [-0.2, -0.15) is 0 Å². The van der Waals surface area contributed by atoms with E-state index in [0.29, 0.717) is 18.2 Å². The Hall–Kier alpha value is -1.39. The Morgan fingerprint density at radius 3 is 3.00 bits per heavy atom. The summed E-state index contributed by atoms with van der Waals surface area (Å²) in [5.74, 6) is 0.175. The molecule has 0 aliphatic carbocycles. The maximum absolute atomic E-state index is 12.0. The Labute approximate surface area is 117 Å². The summed E-state index contributed by atoms with van der Waals surface area (Å²) in [6.45, 7) is 3.10. The molecule has 1 aromatic rings. The summed E-state index contributed by atoms with van der Waals surface area (Å²) >= 11 is 5.69. The van der Waals surface area contributed by atoms with Crippen molar-refractivity contribution in [3.8, 4) is 0 Å². The van der Waals surface area contributed by atoms with Gasteiger partial charge in [0.05, 0.1) is 6.10 Å².